The second-order valence-corrected chi connectivity index (χ2v) is 8.16. The number of benzene rings is 2. The number of carbonyl (C=O) groups excluding carboxylic acids is 2. The van der Waals surface area contributed by atoms with Crippen molar-refractivity contribution in [3.8, 4) is 11.3 Å². The van der Waals surface area contributed by atoms with Crippen molar-refractivity contribution in [3.63, 3.8) is 0 Å². The van der Waals surface area contributed by atoms with Gasteiger partial charge < -0.3 is 15.4 Å². The standard InChI is InChI=1S/C25H24ClN3O3/c26-20-7-1-4-17(14-20)10-11-24(30)29-12-13-32-23(16-29)22-9-3-8-21(28-22)18-5-2-6-19(15-18)25(27)31/h1-9,14-15,23H,10-13,16H2,(H2,27,31). The predicted molar refractivity (Wildman–Crippen MR) is 123 cm³/mol. The SMILES string of the molecule is NC(=O)c1cccc(-c2cccc(C3CN(C(=O)CCc4cccc(Cl)c4)CCO3)n2)c1. The number of aromatic nitrogens is 1. The van der Waals surface area contributed by atoms with Crippen LogP contribution < -0.4 is 5.73 Å². The minimum absolute atomic E-state index is 0.0867. The van der Waals surface area contributed by atoms with Gasteiger partial charge in [-0.2, -0.15) is 0 Å². The summed E-state index contributed by atoms with van der Waals surface area (Å²) in [5, 5.41) is 0.675. The lowest BCUT2D eigenvalue weighted by Crippen LogP contribution is -2.42. The maximum atomic E-state index is 12.8. The molecule has 1 aliphatic heterocycles. The van der Waals surface area contributed by atoms with E-state index in [1.54, 1.807) is 18.2 Å². The van der Waals surface area contributed by atoms with E-state index in [-0.39, 0.29) is 12.0 Å². The maximum absolute atomic E-state index is 12.8. The van der Waals surface area contributed by atoms with Crippen molar-refractivity contribution in [1.82, 2.24) is 9.88 Å². The van der Waals surface area contributed by atoms with Crippen molar-refractivity contribution in [2.45, 2.75) is 18.9 Å². The highest BCUT2D eigenvalue weighted by atomic mass is 35.5. The van der Waals surface area contributed by atoms with Gasteiger partial charge in [-0.1, -0.05) is 41.9 Å². The van der Waals surface area contributed by atoms with Crippen LogP contribution in [0.3, 0.4) is 0 Å². The minimum atomic E-state index is -0.481. The van der Waals surface area contributed by atoms with Gasteiger partial charge >= 0.3 is 0 Å². The summed E-state index contributed by atoms with van der Waals surface area (Å²) in [5.41, 5.74) is 9.14. The molecule has 0 radical (unpaired) electrons. The summed E-state index contributed by atoms with van der Waals surface area (Å²) in [6.07, 6.45) is 0.754. The number of ether oxygens (including phenoxy) is 1. The molecule has 0 spiro atoms. The van der Waals surface area contributed by atoms with Gasteiger partial charge in [-0.25, -0.2) is 4.98 Å². The molecule has 2 heterocycles. The number of pyridine rings is 1. The lowest BCUT2D eigenvalue weighted by atomic mass is 10.1. The van der Waals surface area contributed by atoms with E-state index < -0.39 is 5.91 Å². The maximum Gasteiger partial charge on any atom is 0.248 e. The van der Waals surface area contributed by atoms with E-state index in [1.807, 2.05) is 53.4 Å². The molecule has 1 saturated heterocycles. The molecular formula is C25H24ClN3O3. The van der Waals surface area contributed by atoms with Crippen LogP contribution in [0.1, 0.15) is 34.1 Å². The molecule has 0 saturated carbocycles. The molecular weight excluding hydrogens is 426 g/mol. The largest absolute Gasteiger partial charge is 0.368 e. The number of nitrogens with two attached hydrogens (primary N) is 1. The Bertz CT molecular complexity index is 1130. The summed E-state index contributed by atoms with van der Waals surface area (Å²) >= 11 is 6.04. The molecule has 2 N–H and O–H groups in total. The number of amides is 2. The lowest BCUT2D eigenvalue weighted by molar-refractivity contribution is -0.139. The van der Waals surface area contributed by atoms with Gasteiger partial charge in [0, 0.05) is 29.1 Å². The summed E-state index contributed by atoms with van der Waals surface area (Å²) in [4.78, 5) is 30.9. The monoisotopic (exact) mass is 449 g/mol. The zero-order chi connectivity index (χ0) is 22.5. The van der Waals surface area contributed by atoms with Crippen LogP contribution >= 0.6 is 11.6 Å². The van der Waals surface area contributed by atoms with E-state index >= 15 is 0 Å². The molecule has 1 atom stereocenters. The van der Waals surface area contributed by atoms with Crippen molar-refractivity contribution < 1.29 is 14.3 Å². The first-order valence-corrected chi connectivity index (χ1v) is 10.9. The summed E-state index contributed by atoms with van der Waals surface area (Å²) in [7, 11) is 0. The van der Waals surface area contributed by atoms with Crippen LogP contribution in [0.15, 0.2) is 66.7 Å². The van der Waals surface area contributed by atoms with Crippen LogP contribution in [0.5, 0.6) is 0 Å². The molecule has 7 heteroatoms. The van der Waals surface area contributed by atoms with Gasteiger partial charge in [0.2, 0.25) is 11.8 Å². The van der Waals surface area contributed by atoms with Gasteiger partial charge in [0.15, 0.2) is 0 Å². The van der Waals surface area contributed by atoms with E-state index in [9.17, 15) is 9.59 Å². The van der Waals surface area contributed by atoms with Gasteiger partial charge in [-0.05, 0) is 48.4 Å². The third-order valence-electron chi connectivity index (χ3n) is 5.48. The Balaban J connectivity index is 1.44. The van der Waals surface area contributed by atoms with E-state index in [0.717, 1.165) is 22.5 Å². The molecule has 1 aromatic heterocycles. The highest BCUT2D eigenvalue weighted by molar-refractivity contribution is 6.30. The van der Waals surface area contributed by atoms with Gasteiger partial charge in [-0.15, -0.1) is 0 Å². The Hall–Kier alpha value is -3.22. The zero-order valence-electron chi connectivity index (χ0n) is 17.5. The summed E-state index contributed by atoms with van der Waals surface area (Å²) < 4.78 is 5.93. The van der Waals surface area contributed by atoms with Gasteiger partial charge in [0.05, 0.1) is 24.5 Å². The Morgan fingerprint density at radius 3 is 2.72 bits per heavy atom. The summed E-state index contributed by atoms with van der Waals surface area (Å²) in [6.45, 7) is 1.47. The number of morpholine rings is 1. The number of hydrogen-bond donors (Lipinski definition) is 1. The van der Waals surface area contributed by atoms with Gasteiger partial charge in [-0.3, -0.25) is 9.59 Å². The first-order valence-electron chi connectivity index (χ1n) is 10.5. The molecule has 0 bridgehead atoms. The second-order valence-electron chi connectivity index (χ2n) is 7.72. The summed E-state index contributed by atoms with van der Waals surface area (Å²) in [5.74, 6) is -0.394. The number of rotatable bonds is 6. The molecule has 6 nitrogen and oxygen atoms in total. The predicted octanol–water partition coefficient (Wildman–Crippen LogP) is 4.03. The topological polar surface area (TPSA) is 85.5 Å². The van der Waals surface area contributed by atoms with Crippen LogP contribution in [0.4, 0.5) is 0 Å². The summed E-state index contributed by atoms with van der Waals surface area (Å²) in [6, 6.07) is 20.3. The van der Waals surface area contributed by atoms with Crippen molar-refractivity contribution in [3.05, 3.63) is 88.6 Å². The van der Waals surface area contributed by atoms with Crippen molar-refractivity contribution in [2.24, 2.45) is 5.73 Å². The fourth-order valence-electron chi connectivity index (χ4n) is 3.78. The second kappa shape index (κ2) is 9.94. The van der Waals surface area contributed by atoms with Crippen LogP contribution in [0.25, 0.3) is 11.3 Å². The van der Waals surface area contributed by atoms with E-state index in [0.29, 0.717) is 43.1 Å². The molecule has 1 fully saturated rings. The Morgan fingerprint density at radius 2 is 1.91 bits per heavy atom. The van der Waals surface area contributed by atoms with Crippen molar-refractivity contribution in [2.75, 3.05) is 19.7 Å². The average molecular weight is 450 g/mol. The zero-order valence-corrected chi connectivity index (χ0v) is 18.3. The first kappa shape index (κ1) is 22.0. The molecule has 4 rings (SSSR count). The van der Waals surface area contributed by atoms with E-state index in [2.05, 4.69) is 0 Å². The molecule has 3 aromatic rings. The minimum Gasteiger partial charge on any atom is -0.368 e. The molecule has 164 valence electrons. The fraction of sp³-hybridized carbons (Fsp3) is 0.240. The lowest BCUT2D eigenvalue weighted by Gasteiger charge is -2.33. The van der Waals surface area contributed by atoms with Crippen molar-refractivity contribution >= 4 is 23.4 Å². The average Bonchev–Trinajstić information content (AvgIpc) is 2.83. The number of aryl methyl sites for hydroxylation is 1. The number of hydrogen-bond acceptors (Lipinski definition) is 4. The quantitative estimate of drug-likeness (QED) is 0.615. The number of nitrogens with zero attached hydrogens (tertiary/aromatic N) is 2. The molecule has 2 amide bonds. The van der Waals surface area contributed by atoms with Crippen LogP contribution in [-0.4, -0.2) is 41.4 Å². The fourth-order valence-corrected chi connectivity index (χ4v) is 3.99. The molecule has 0 aliphatic carbocycles. The Kier molecular flexibility index (Phi) is 6.83. The molecule has 2 aromatic carbocycles. The number of carbonyl (C=O) groups is 2. The van der Waals surface area contributed by atoms with Crippen LogP contribution in [0, 0.1) is 0 Å². The van der Waals surface area contributed by atoms with Crippen molar-refractivity contribution in [1.29, 1.82) is 0 Å². The Labute approximate surface area is 192 Å². The van der Waals surface area contributed by atoms with E-state index in [4.69, 9.17) is 27.1 Å². The van der Waals surface area contributed by atoms with E-state index in [1.165, 1.54) is 0 Å². The third kappa shape index (κ3) is 5.33. The number of halogens is 1. The third-order valence-corrected chi connectivity index (χ3v) is 5.71. The van der Waals surface area contributed by atoms with Gasteiger partial charge in [0.1, 0.15) is 6.10 Å². The molecule has 32 heavy (non-hydrogen) atoms. The smallest absolute Gasteiger partial charge is 0.248 e. The highest BCUT2D eigenvalue weighted by Crippen LogP contribution is 2.25. The highest BCUT2D eigenvalue weighted by Gasteiger charge is 2.26. The molecule has 1 unspecified atom stereocenters. The normalized spacial score (nSPS) is 16.0. The Morgan fingerprint density at radius 1 is 1.09 bits per heavy atom. The van der Waals surface area contributed by atoms with Crippen LogP contribution in [0.2, 0.25) is 5.02 Å². The van der Waals surface area contributed by atoms with Crippen LogP contribution in [-0.2, 0) is 16.0 Å². The first-order chi connectivity index (χ1) is 15.5. The number of primary amides is 1. The van der Waals surface area contributed by atoms with Gasteiger partial charge in [0.25, 0.3) is 0 Å². The molecule has 1 aliphatic rings.